The topological polar surface area (TPSA) is 58.6 Å². The number of aromatic amines is 1. The molecule has 4 nitrogen and oxygen atoms in total. The molecule has 0 aromatic carbocycles. The van der Waals surface area contributed by atoms with Gasteiger partial charge in [-0.15, -0.1) is 11.3 Å². The van der Waals surface area contributed by atoms with Crippen LogP contribution >= 0.6 is 22.9 Å². The molecule has 0 bridgehead atoms. The first-order chi connectivity index (χ1) is 12.1. The van der Waals surface area contributed by atoms with Crippen LogP contribution in [-0.4, -0.2) is 15.0 Å². The SMILES string of the molecule is CC(C)Cc1csc2nc(Cc3ncc(C(F)(F)F)cc3Cl)[nH]c(=O)c12. The van der Waals surface area contributed by atoms with E-state index in [0.717, 1.165) is 24.2 Å². The molecule has 0 saturated heterocycles. The second kappa shape index (κ2) is 7.00. The average Bonchev–Trinajstić information content (AvgIpc) is 2.91. The Morgan fingerprint density at radius 2 is 2.08 bits per heavy atom. The quantitative estimate of drug-likeness (QED) is 0.680. The number of H-pyrrole nitrogens is 1. The van der Waals surface area contributed by atoms with E-state index in [9.17, 15) is 18.0 Å². The van der Waals surface area contributed by atoms with Gasteiger partial charge in [-0.05, 0) is 29.3 Å². The fourth-order valence-electron chi connectivity index (χ4n) is 2.64. The monoisotopic (exact) mass is 401 g/mol. The Bertz CT molecular complexity index is 1010. The fraction of sp³-hybridized carbons (Fsp3) is 0.353. The number of fused-ring (bicyclic) bond motifs is 1. The van der Waals surface area contributed by atoms with Crippen molar-refractivity contribution in [3.8, 4) is 0 Å². The smallest absolute Gasteiger partial charge is 0.310 e. The van der Waals surface area contributed by atoms with Crippen LogP contribution in [0.3, 0.4) is 0 Å². The molecule has 0 spiro atoms. The molecule has 0 aliphatic heterocycles. The molecule has 138 valence electrons. The van der Waals surface area contributed by atoms with Crippen molar-refractivity contribution in [3.05, 3.63) is 55.7 Å². The number of rotatable bonds is 4. The summed E-state index contributed by atoms with van der Waals surface area (Å²) in [5.74, 6) is 0.719. The van der Waals surface area contributed by atoms with Crippen molar-refractivity contribution in [2.75, 3.05) is 0 Å². The first kappa shape index (κ1) is 18.8. The van der Waals surface area contributed by atoms with Gasteiger partial charge in [-0.3, -0.25) is 9.78 Å². The number of hydrogen-bond acceptors (Lipinski definition) is 4. The molecular weight excluding hydrogens is 387 g/mol. The Hall–Kier alpha value is -1.93. The van der Waals surface area contributed by atoms with Crippen LogP contribution in [0.25, 0.3) is 10.2 Å². The van der Waals surface area contributed by atoms with Crippen molar-refractivity contribution in [2.45, 2.75) is 32.9 Å². The highest BCUT2D eigenvalue weighted by molar-refractivity contribution is 7.16. The third-order valence-electron chi connectivity index (χ3n) is 3.78. The molecule has 0 unspecified atom stereocenters. The Balaban J connectivity index is 1.94. The molecule has 0 aliphatic rings. The lowest BCUT2D eigenvalue weighted by atomic mass is 10.0. The van der Waals surface area contributed by atoms with Crippen molar-refractivity contribution >= 4 is 33.2 Å². The number of aromatic nitrogens is 3. The third kappa shape index (κ3) is 3.91. The number of pyridine rings is 1. The summed E-state index contributed by atoms with van der Waals surface area (Å²) in [7, 11) is 0. The summed E-state index contributed by atoms with van der Waals surface area (Å²) < 4.78 is 38.1. The highest BCUT2D eigenvalue weighted by Crippen LogP contribution is 2.31. The number of alkyl halides is 3. The van der Waals surface area contributed by atoms with Crippen molar-refractivity contribution in [1.29, 1.82) is 0 Å². The number of halogens is 4. The second-order valence-corrected chi connectivity index (χ2v) is 7.64. The molecule has 0 atom stereocenters. The minimum atomic E-state index is -4.51. The van der Waals surface area contributed by atoms with E-state index in [1.807, 2.05) is 5.38 Å². The van der Waals surface area contributed by atoms with Crippen LogP contribution in [0.15, 0.2) is 22.4 Å². The number of thiophene rings is 1. The van der Waals surface area contributed by atoms with Gasteiger partial charge in [-0.2, -0.15) is 13.2 Å². The average molecular weight is 402 g/mol. The highest BCUT2D eigenvalue weighted by Gasteiger charge is 2.31. The Kier molecular flexibility index (Phi) is 5.07. The van der Waals surface area contributed by atoms with E-state index in [1.165, 1.54) is 11.3 Å². The van der Waals surface area contributed by atoms with Crippen LogP contribution in [0.5, 0.6) is 0 Å². The molecule has 0 amide bonds. The van der Waals surface area contributed by atoms with Crippen LogP contribution < -0.4 is 5.56 Å². The maximum Gasteiger partial charge on any atom is 0.417 e. The Morgan fingerprint density at radius 1 is 1.35 bits per heavy atom. The van der Waals surface area contributed by atoms with Crippen LogP contribution in [0.2, 0.25) is 5.02 Å². The summed E-state index contributed by atoms with van der Waals surface area (Å²) in [6.07, 6.45) is -2.97. The fourth-order valence-corrected chi connectivity index (χ4v) is 3.84. The van der Waals surface area contributed by atoms with Crippen molar-refractivity contribution < 1.29 is 13.2 Å². The molecule has 1 N–H and O–H groups in total. The predicted molar refractivity (Wildman–Crippen MR) is 95.8 cm³/mol. The van der Waals surface area contributed by atoms with Gasteiger partial charge in [0.15, 0.2) is 0 Å². The summed E-state index contributed by atoms with van der Waals surface area (Å²) >= 11 is 7.30. The van der Waals surface area contributed by atoms with Gasteiger partial charge in [-0.25, -0.2) is 4.98 Å². The summed E-state index contributed by atoms with van der Waals surface area (Å²) in [6, 6.07) is 0.826. The van der Waals surface area contributed by atoms with Gasteiger partial charge >= 0.3 is 6.18 Å². The van der Waals surface area contributed by atoms with E-state index >= 15 is 0 Å². The first-order valence-corrected chi connectivity index (χ1v) is 9.11. The number of nitrogens with one attached hydrogen (secondary N) is 1. The molecule has 9 heteroatoms. The molecule has 26 heavy (non-hydrogen) atoms. The third-order valence-corrected chi connectivity index (χ3v) is 5.03. The second-order valence-electron chi connectivity index (χ2n) is 6.38. The summed E-state index contributed by atoms with van der Waals surface area (Å²) in [4.78, 5) is 23.9. The zero-order valence-electron chi connectivity index (χ0n) is 13.9. The molecule has 0 radical (unpaired) electrons. The van der Waals surface area contributed by atoms with E-state index in [0.29, 0.717) is 22.0 Å². The Morgan fingerprint density at radius 3 is 2.69 bits per heavy atom. The van der Waals surface area contributed by atoms with E-state index in [-0.39, 0.29) is 22.7 Å². The minimum Gasteiger partial charge on any atom is -0.310 e. The van der Waals surface area contributed by atoms with Crippen LogP contribution in [-0.2, 0) is 19.0 Å². The van der Waals surface area contributed by atoms with Crippen LogP contribution in [0, 0.1) is 5.92 Å². The van der Waals surface area contributed by atoms with Gasteiger partial charge in [-0.1, -0.05) is 25.4 Å². The minimum absolute atomic E-state index is 0.0412. The molecule has 0 fully saturated rings. The van der Waals surface area contributed by atoms with Crippen molar-refractivity contribution in [1.82, 2.24) is 15.0 Å². The van der Waals surface area contributed by atoms with E-state index < -0.39 is 11.7 Å². The molecule has 0 saturated carbocycles. The molecule has 3 aromatic heterocycles. The zero-order chi connectivity index (χ0) is 19.1. The number of hydrogen-bond donors (Lipinski definition) is 1. The van der Waals surface area contributed by atoms with E-state index in [2.05, 4.69) is 28.8 Å². The molecule has 3 heterocycles. The summed E-state index contributed by atoms with van der Waals surface area (Å²) in [5.41, 5.74) is -0.00297. The van der Waals surface area contributed by atoms with E-state index in [4.69, 9.17) is 11.6 Å². The van der Waals surface area contributed by atoms with Gasteiger partial charge in [0.25, 0.3) is 5.56 Å². The highest BCUT2D eigenvalue weighted by atomic mass is 35.5. The first-order valence-electron chi connectivity index (χ1n) is 7.86. The largest absolute Gasteiger partial charge is 0.417 e. The maximum absolute atomic E-state index is 12.7. The molecule has 0 aliphatic carbocycles. The normalized spacial score (nSPS) is 12.3. The Labute approximate surface area is 156 Å². The molecule has 3 rings (SSSR count). The van der Waals surface area contributed by atoms with Crippen LogP contribution in [0.1, 0.15) is 36.5 Å². The number of nitrogens with zero attached hydrogens (tertiary/aromatic N) is 2. The maximum atomic E-state index is 12.7. The lowest BCUT2D eigenvalue weighted by Crippen LogP contribution is -2.13. The lowest BCUT2D eigenvalue weighted by molar-refractivity contribution is -0.137. The van der Waals surface area contributed by atoms with Gasteiger partial charge in [0, 0.05) is 12.6 Å². The van der Waals surface area contributed by atoms with Gasteiger partial charge in [0.2, 0.25) is 0 Å². The lowest BCUT2D eigenvalue weighted by Gasteiger charge is -2.09. The molecule has 3 aromatic rings. The zero-order valence-corrected chi connectivity index (χ0v) is 15.5. The van der Waals surface area contributed by atoms with Gasteiger partial charge < -0.3 is 4.98 Å². The van der Waals surface area contributed by atoms with E-state index in [1.54, 1.807) is 0 Å². The van der Waals surface area contributed by atoms with Gasteiger partial charge in [0.1, 0.15) is 10.7 Å². The predicted octanol–water partition coefficient (Wildman–Crippen LogP) is 4.84. The molecular formula is C17H15ClF3N3OS. The van der Waals surface area contributed by atoms with Crippen molar-refractivity contribution in [2.24, 2.45) is 5.92 Å². The summed E-state index contributed by atoms with van der Waals surface area (Å²) in [5, 5.41) is 2.37. The summed E-state index contributed by atoms with van der Waals surface area (Å²) in [6.45, 7) is 4.13. The van der Waals surface area contributed by atoms with Gasteiger partial charge in [0.05, 0.1) is 21.7 Å². The van der Waals surface area contributed by atoms with Crippen LogP contribution in [0.4, 0.5) is 13.2 Å². The standard InChI is InChI=1S/C17H15ClF3N3OS/c1-8(2)3-9-7-26-16-14(9)15(25)23-13(24-16)5-12-11(18)4-10(6-22-12)17(19,20)21/h4,6-8H,3,5H2,1-2H3,(H,23,24,25). The van der Waals surface area contributed by atoms with Crippen molar-refractivity contribution in [3.63, 3.8) is 0 Å².